The van der Waals surface area contributed by atoms with E-state index in [9.17, 15) is 18.0 Å². The summed E-state index contributed by atoms with van der Waals surface area (Å²) in [6, 6.07) is 7.30. The first-order valence-corrected chi connectivity index (χ1v) is 7.56. The van der Waals surface area contributed by atoms with Crippen LogP contribution in [0.3, 0.4) is 0 Å². The Morgan fingerprint density at radius 2 is 1.74 bits per heavy atom. The molecule has 0 spiro atoms. The monoisotopic (exact) mass is 339 g/mol. The molecule has 0 aliphatic carbocycles. The van der Waals surface area contributed by atoms with E-state index in [1.165, 1.54) is 12.1 Å². The molecule has 120 valence electrons. The maximum Gasteiger partial charge on any atom is 0.255 e. The van der Waals surface area contributed by atoms with Crippen molar-refractivity contribution in [2.24, 2.45) is 0 Å². The van der Waals surface area contributed by atoms with Gasteiger partial charge in [-0.05, 0) is 42.7 Å². The summed E-state index contributed by atoms with van der Waals surface area (Å²) >= 11 is 5.89. The minimum Gasteiger partial charge on any atom is -0.332 e. The predicted molar refractivity (Wildman–Crippen MR) is 80.8 cm³/mol. The average molecular weight is 340 g/mol. The van der Waals surface area contributed by atoms with Crippen LogP contribution in [0.1, 0.15) is 34.8 Å². The standard InChI is InChI=1S/C17H13ClF3NO/c18-13-9-15(21)14(20)8-12(13)17(23)22-7-1-2-16(22)10-3-5-11(19)6-4-10/h3-6,8-9,16H,1-2,7H2/t16-/m0/s1. The number of halogens is 4. The molecule has 0 unspecified atom stereocenters. The lowest BCUT2D eigenvalue weighted by Crippen LogP contribution is -2.31. The van der Waals surface area contributed by atoms with Crippen molar-refractivity contribution in [3.05, 3.63) is 70.0 Å². The minimum absolute atomic E-state index is 0.0698. The second-order valence-electron chi connectivity index (χ2n) is 5.45. The van der Waals surface area contributed by atoms with Crippen molar-refractivity contribution in [2.45, 2.75) is 18.9 Å². The van der Waals surface area contributed by atoms with E-state index in [1.807, 2.05) is 0 Å². The van der Waals surface area contributed by atoms with Gasteiger partial charge in [-0.25, -0.2) is 13.2 Å². The molecule has 1 atom stereocenters. The molecule has 23 heavy (non-hydrogen) atoms. The van der Waals surface area contributed by atoms with Gasteiger partial charge in [-0.15, -0.1) is 0 Å². The lowest BCUT2D eigenvalue weighted by Gasteiger charge is -2.25. The van der Waals surface area contributed by atoms with E-state index in [2.05, 4.69) is 0 Å². The molecule has 0 aromatic heterocycles. The highest BCUT2D eigenvalue weighted by Crippen LogP contribution is 2.34. The zero-order valence-electron chi connectivity index (χ0n) is 12.0. The van der Waals surface area contributed by atoms with E-state index in [0.29, 0.717) is 6.54 Å². The van der Waals surface area contributed by atoms with Gasteiger partial charge in [0.2, 0.25) is 0 Å². The topological polar surface area (TPSA) is 20.3 Å². The summed E-state index contributed by atoms with van der Waals surface area (Å²) in [4.78, 5) is 14.2. The normalized spacial score (nSPS) is 17.6. The molecule has 0 saturated carbocycles. The zero-order chi connectivity index (χ0) is 16.6. The molecule has 1 aliphatic rings. The molecule has 1 saturated heterocycles. The summed E-state index contributed by atoms with van der Waals surface area (Å²) in [5.74, 6) is -3.02. The predicted octanol–water partition coefficient (Wildman–Crippen LogP) is 4.73. The van der Waals surface area contributed by atoms with Gasteiger partial charge in [-0.1, -0.05) is 23.7 Å². The third-order valence-electron chi connectivity index (χ3n) is 4.01. The summed E-state index contributed by atoms with van der Waals surface area (Å²) in [5, 5.41) is -0.126. The van der Waals surface area contributed by atoms with E-state index in [0.717, 1.165) is 30.5 Å². The highest BCUT2D eigenvalue weighted by atomic mass is 35.5. The van der Waals surface area contributed by atoms with Crippen LogP contribution in [0, 0.1) is 17.5 Å². The van der Waals surface area contributed by atoms with Crippen molar-refractivity contribution >= 4 is 17.5 Å². The summed E-state index contributed by atoms with van der Waals surface area (Å²) in [5.41, 5.74) is 0.732. The van der Waals surface area contributed by atoms with Crippen molar-refractivity contribution in [3.63, 3.8) is 0 Å². The van der Waals surface area contributed by atoms with Gasteiger partial charge in [-0.3, -0.25) is 4.79 Å². The maximum absolute atomic E-state index is 13.4. The smallest absolute Gasteiger partial charge is 0.255 e. The molecule has 0 N–H and O–H groups in total. The van der Waals surface area contributed by atoms with E-state index >= 15 is 0 Å². The van der Waals surface area contributed by atoms with Crippen LogP contribution in [0.25, 0.3) is 0 Å². The van der Waals surface area contributed by atoms with Gasteiger partial charge in [0, 0.05) is 6.54 Å². The number of amides is 1. The molecule has 1 fully saturated rings. The maximum atomic E-state index is 13.4. The van der Waals surface area contributed by atoms with Crippen LogP contribution in [0.15, 0.2) is 36.4 Å². The molecule has 1 aliphatic heterocycles. The lowest BCUT2D eigenvalue weighted by atomic mass is 10.0. The fraction of sp³-hybridized carbons (Fsp3) is 0.235. The highest BCUT2D eigenvalue weighted by molar-refractivity contribution is 6.33. The SMILES string of the molecule is O=C(c1cc(F)c(F)cc1Cl)N1CCC[C@H]1c1ccc(F)cc1. The number of rotatable bonds is 2. The molecule has 1 amide bonds. The second kappa shape index (κ2) is 6.24. The van der Waals surface area contributed by atoms with Crippen molar-refractivity contribution in [1.29, 1.82) is 0 Å². The average Bonchev–Trinajstić information content (AvgIpc) is 3.00. The van der Waals surface area contributed by atoms with Gasteiger partial charge in [0.05, 0.1) is 16.6 Å². The van der Waals surface area contributed by atoms with E-state index < -0.39 is 17.5 Å². The van der Waals surface area contributed by atoms with Crippen LogP contribution in [-0.2, 0) is 0 Å². The van der Waals surface area contributed by atoms with Gasteiger partial charge in [0.15, 0.2) is 11.6 Å². The van der Waals surface area contributed by atoms with E-state index in [4.69, 9.17) is 11.6 Å². The van der Waals surface area contributed by atoms with Crippen molar-refractivity contribution in [2.75, 3.05) is 6.54 Å². The van der Waals surface area contributed by atoms with Crippen LogP contribution in [-0.4, -0.2) is 17.4 Å². The summed E-state index contributed by atoms with van der Waals surface area (Å²) in [7, 11) is 0. The first-order chi connectivity index (χ1) is 11.0. The first-order valence-electron chi connectivity index (χ1n) is 7.18. The summed E-state index contributed by atoms with van der Waals surface area (Å²) in [6.07, 6.45) is 1.49. The molecule has 1 heterocycles. The van der Waals surface area contributed by atoms with Crippen LogP contribution in [0.5, 0.6) is 0 Å². The molecule has 2 aromatic carbocycles. The Labute approximate surface area is 136 Å². The fourth-order valence-electron chi connectivity index (χ4n) is 2.88. The number of carbonyl (C=O) groups is 1. The molecular formula is C17H13ClF3NO. The van der Waals surface area contributed by atoms with Crippen LogP contribution in [0.4, 0.5) is 13.2 Å². The van der Waals surface area contributed by atoms with Crippen molar-refractivity contribution in [1.82, 2.24) is 4.90 Å². The number of carbonyl (C=O) groups excluding carboxylic acids is 1. The Bertz CT molecular complexity index is 748. The molecule has 2 nitrogen and oxygen atoms in total. The van der Waals surface area contributed by atoms with Crippen molar-refractivity contribution in [3.8, 4) is 0 Å². The Kier molecular flexibility index (Phi) is 4.31. The highest BCUT2D eigenvalue weighted by Gasteiger charge is 2.32. The molecule has 0 radical (unpaired) electrons. The van der Waals surface area contributed by atoms with Gasteiger partial charge in [0.1, 0.15) is 5.82 Å². The largest absolute Gasteiger partial charge is 0.332 e. The van der Waals surface area contributed by atoms with Gasteiger partial charge in [0.25, 0.3) is 5.91 Å². The Morgan fingerprint density at radius 3 is 2.43 bits per heavy atom. The first kappa shape index (κ1) is 15.9. The van der Waals surface area contributed by atoms with Gasteiger partial charge in [-0.2, -0.15) is 0 Å². The fourth-order valence-corrected chi connectivity index (χ4v) is 3.11. The Morgan fingerprint density at radius 1 is 1.09 bits per heavy atom. The van der Waals surface area contributed by atoms with Crippen LogP contribution in [0.2, 0.25) is 5.02 Å². The van der Waals surface area contributed by atoms with Crippen molar-refractivity contribution < 1.29 is 18.0 Å². The minimum atomic E-state index is -1.12. The Balaban J connectivity index is 1.92. The lowest BCUT2D eigenvalue weighted by molar-refractivity contribution is 0.0735. The summed E-state index contributed by atoms with van der Waals surface area (Å²) in [6.45, 7) is 0.482. The number of nitrogens with zero attached hydrogens (tertiary/aromatic N) is 1. The van der Waals surface area contributed by atoms with E-state index in [-0.39, 0.29) is 22.4 Å². The zero-order valence-corrected chi connectivity index (χ0v) is 12.8. The molecular weight excluding hydrogens is 327 g/mol. The molecule has 2 aromatic rings. The number of hydrogen-bond donors (Lipinski definition) is 0. The third-order valence-corrected chi connectivity index (χ3v) is 4.32. The molecule has 6 heteroatoms. The van der Waals surface area contributed by atoms with Crippen LogP contribution < -0.4 is 0 Å². The van der Waals surface area contributed by atoms with E-state index in [1.54, 1.807) is 17.0 Å². The third kappa shape index (κ3) is 3.06. The summed E-state index contributed by atoms with van der Waals surface area (Å²) < 4.78 is 39.6. The Hall–Kier alpha value is -2.01. The second-order valence-corrected chi connectivity index (χ2v) is 5.86. The molecule has 0 bridgehead atoms. The van der Waals surface area contributed by atoms with Crippen LogP contribution >= 0.6 is 11.6 Å². The van der Waals surface area contributed by atoms with Gasteiger partial charge < -0.3 is 4.90 Å². The number of hydrogen-bond acceptors (Lipinski definition) is 1. The molecule has 3 rings (SSSR count). The number of likely N-dealkylation sites (tertiary alicyclic amines) is 1. The van der Waals surface area contributed by atoms with Gasteiger partial charge >= 0.3 is 0 Å². The quantitative estimate of drug-likeness (QED) is 0.724. The number of benzene rings is 2.